The molecule has 0 aliphatic rings. The van der Waals surface area contributed by atoms with Gasteiger partial charge in [0.1, 0.15) is 0 Å². The van der Waals surface area contributed by atoms with Gasteiger partial charge in [0, 0.05) is 25.0 Å². The van der Waals surface area contributed by atoms with Crippen molar-refractivity contribution in [3.05, 3.63) is 23.8 Å². The molecule has 0 aromatic heterocycles. The largest absolute Gasteiger partial charge is 0.398 e. The molecule has 3 heteroatoms. The average Bonchev–Trinajstić information content (AvgIpc) is 2.12. The maximum Gasteiger partial charge on any atom is 0.0635 e. The van der Waals surface area contributed by atoms with Crippen molar-refractivity contribution in [1.29, 1.82) is 0 Å². The fraction of sp³-hybridized carbons (Fsp3) is 0.400. The van der Waals surface area contributed by atoms with Crippen molar-refractivity contribution in [2.24, 2.45) is 0 Å². The Morgan fingerprint density at radius 3 is 2.85 bits per heavy atom. The van der Waals surface area contributed by atoms with E-state index < -0.39 is 0 Å². The summed E-state index contributed by atoms with van der Waals surface area (Å²) in [5, 5.41) is 3.21. The SMILES string of the molecule is COCCNc1ccc(C)c(N)c1. The number of hydrogen-bond acceptors (Lipinski definition) is 3. The van der Waals surface area contributed by atoms with E-state index >= 15 is 0 Å². The highest BCUT2D eigenvalue weighted by Crippen LogP contribution is 2.16. The highest BCUT2D eigenvalue weighted by molar-refractivity contribution is 5.58. The van der Waals surface area contributed by atoms with E-state index in [2.05, 4.69) is 5.32 Å². The number of methoxy groups -OCH3 is 1. The lowest BCUT2D eigenvalue weighted by atomic mass is 10.2. The Morgan fingerprint density at radius 2 is 2.23 bits per heavy atom. The highest BCUT2D eigenvalue weighted by atomic mass is 16.5. The van der Waals surface area contributed by atoms with E-state index in [1.54, 1.807) is 7.11 Å². The molecule has 0 saturated heterocycles. The Kier molecular flexibility index (Phi) is 3.58. The zero-order chi connectivity index (χ0) is 9.68. The van der Waals surface area contributed by atoms with E-state index in [-0.39, 0.29) is 0 Å². The standard InChI is InChI=1S/C10H16N2O/c1-8-3-4-9(7-10(8)11)12-5-6-13-2/h3-4,7,12H,5-6,11H2,1-2H3. The third kappa shape index (κ3) is 2.95. The van der Waals surface area contributed by atoms with Gasteiger partial charge in [0.15, 0.2) is 0 Å². The van der Waals surface area contributed by atoms with E-state index in [9.17, 15) is 0 Å². The van der Waals surface area contributed by atoms with Crippen molar-refractivity contribution in [3.63, 3.8) is 0 Å². The normalized spacial score (nSPS) is 10.0. The van der Waals surface area contributed by atoms with Crippen LogP contribution in [0.15, 0.2) is 18.2 Å². The van der Waals surface area contributed by atoms with E-state index in [1.165, 1.54) is 0 Å². The fourth-order valence-electron chi connectivity index (χ4n) is 1.05. The molecule has 0 aliphatic heterocycles. The van der Waals surface area contributed by atoms with Gasteiger partial charge in [-0.1, -0.05) is 6.07 Å². The minimum atomic E-state index is 0.702. The highest BCUT2D eigenvalue weighted by Gasteiger charge is 1.95. The summed E-state index contributed by atoms with van der Waals surface area (Å²) in [4.78, 5) is 0. The van der Waals surface area contributed by atoms with Crippen LogP contribution in [0, 0.1) is 6.92 Å². The molecule has 1 aromatic carbocycles. The zero-order valence-corrected chi connectivity index (χ0v) is 8.13. The summed E-state index contributed by atoms with van der Waals surface area (Å²) in [6.45, 7) is 3.50. The van der Waals surface area contributed by atoms with E-state index in [0.29, 0.717) is 6.61 Å². The first kappa shape index (κ1) is 9.86. The second-order valence-electron chi connectivity index (χ2n) is 2.99. The monoisotopic (exact) mass is 180 g/mol. The number of aryl methyl sites for hydroxylation is 1. The van der Waals surface area contributed by atoms with Gasteiger partial charge in [0.05, 0.1) is 6.61 Å². The van der Waals surface area contributed by atoms with E-state index in [0.717, 1.165) is 23.5 Å². The molecule has 72 valence electrons. The molecule has 3 nitrogen and oxygen atoms in total. The minimum Gasteiger partial charge on any atom is -0.398 e. The Labute approximate surface area is 78.9 Å². The number of rotatable bonds is 4. The molecule has 13 heavy (non-hydrogen) atoms. The number of hydrogen-bond donors (Lipinski definition) is 2. The maximum atomic E-state index is 5.75. The predicted molar refractivity (Wildman–Crippen MR) is 56.0 cm³/mol. The third-order valence-corrected chi connectivity index (χ3v) is 1.91. The minimum absolute atomic E-state index is 0.702. The van der Waals surface area contributed by atoms with Crippen molar-refractivity contribution >= 4 is 11.4 Å². The lowest BCUT2D eigenvalue weighted by Crippen LogP contribution is -2.07. The summed E-state index contributed by atoms with van der Waals surface area (Å²) in [5.41, 5.74) is 8.73. The summed E-state index contributed by atoms with van der Waals surface area (Å²) in [6, 6.07) is 5.96. The fourth-order valence-corrected chi connectivity index (χ4v) is 1.05. The third-order valence-electron chi connectivity index (χ3n) is 1.91. The Morgan fingerprint density at radius 1 is 1.46 bits per heavy atom. The second kappa shape index (κ2) is 4.72. The lowest BCUT2D eigenvalue weighted by Gasteiger charge is -2.07. The van der Waals surface area contributed by atoms with Gasteiger partial charge in [-0.3, -0.25) is 0 Å². The van der Waals surface area contributed by atoms with Gasteiger partial charge in [0.25, 0.3) is 0 Å². The Hall–Kier alpha value is -1.22. The lowest BCUT2D eigenvalue weighted by molar-refractivity contribution is 0.211. The summed E-state index contributed by atoms with van der Waals surface area (Å²) in [5.74, 6) is 0. The van der Waals surface area contributed by atoms with Crippen molar-refractivity contribution in [3.8, 4) is 0 Å². The van der Waals surface area contributed by atoms with Crippen LogP contribution in [0.25, 0.3) is 0 Å². The summed E-state index contributed by atoms with van der Waals surface area (Å²) >= 11 is 0. The van der Waals surface area contributed by atoms with Gasteiger partial charge in [-0.15, -0.1) is 0 Å². The van der Waals surface area contributed by atoms with Gasteiger partial charge in [-0.25, -0.2) is 0 Å². The Bertz CT molecular complexity index is 274. The zero-order valence-electron chi connectivity index (χ0n) is 8.13. The van der Waals surface area contributed by atoms with Gasteiger partial charge in [-0.05, 0) is 24.6 Å². The van der Waals surface area contributed by atoms with Gasteiger partial charge in [0.2, 0.25) is 0 Å². The molecular formula is C10H16N2O. The maximum absolute atomic E-state index is 5.75. The predicted octanol–water partition coefficient (Wildman–Crippen LogP) is 1.64. The molecule has 3 N–H and O–H groups in total. The molecule has 0 atom stereocenters. The average molecular weight is 180 g/mol. The van der Waals surface area contributed by atoms with Crippen LogP contribution < -0.4 is 11.1 Å². The number of nitrogens with one attached hydrogen (secondary N) is 1. The Balaban J connectivity index is 2.53. The van der Waals surface area contributed by atoms with Crippen LogP contribution in [0.5, 0.6) is 0 Å². The smallest absolute Gasteiger partial charge is 0.0635 e. The first-order valence-electron chi connectivity index (χ1n) is 4.33. The molecule has 0 amide bonds. The van der Waals surface area contributed by atoms with Crippen molar-refractivity contribution < 1.29 is 4.74 Å². The molecule has 0 saturated carbocycles. The number of anilines is 2. The van der Waals surface area contributed by atoms with E-state index in [4.69, 9.17) is 10.5 Å². The van der Waals surface area contributed by atoms with Crippen molar-refractivity contribution in [1.82, 2.24) is 0 Å². The number of nitrogen functional groups attached to an aromatic ring is 1. The van der Waals surface area contributed by atoms with Crippen LogP contribution in [-0.4, -0.2) is 20.3 Å². The van der Waals surface area contributed by atoms with Crippen LogP contribution in [0.3, 0.4) is 0 Å². The molecular weight excluding hydrogens is 164 g/mol. The van der Waals surface area contributed by atoms with Crippen LogP contribution >= 0.6 is 0 Å². The quantitative estimate of drug-likeness (QED) is 0.547. The first-order valence-corrected chi connectivity index (χ1v) is 4.33. The van der Waals surface area contributed by atoms with Crippen molar-refractivity contribution in [2.75, 3.05) is 31.3 Å². The molecule has 0 unspecified atom stereocenters. The molecule has 0 heterocycles. The van der Waals surface area contributed by atoms with Gasteiger partial charge in [-0.2, -0.15) is 0 Å². The molecule has 1 aromatic rings. The molecule has 0 aliphatic carbocycles. The molecule has 1 rings (SSSR count). The van der Waals surface area contributed by atoms with Crippen LogP contribution in [0.4, 0.5) is 11.4 Å². The number of benzene rings is 1. The molecule has 0 bridgehead atoms. The van der Waals surface area contributed by atoms with Crippen molar-refractivity contribution in [2.45, 2.75) is 6.92 Å². The van der Waals surface area contributed by atoms with Crippen LogP contribution in [-0.2, 0) is 4.74 Å². The van der Waals surface area contributed by atoms with E-state index in [1.807, 2.05) is 25.1 Å². The van der Waals surface area contributed by atoms with Gasteiger partial charge < -0.3 is 15.8 Å². The first-order chi connectivity index (χ1) is 6.24. The number of ether oxygens (including phenoxy) is 1. The second-order valence-corrected chi connectivity index (χ2v) is 2.99. The topological polar surface area (TPSA) is 47.3 Å². The van der Waals surface area contributed by atoms with Crippen LogP contribution in [0.2, 0.25) is 0 Å². The molecule has 0 radical (unpaired) electrons. The molecule has 0 fully saturated rings. The molecule has 0 spiro atoms. The van der Waals surface area contributed by atoms with Gasteiger partial charge >= 0.3 is 0 Å². The summed E-state index contributed by atoms with van der Waals surface area (Å²) < 4.78 is 4.92. The van der Waals surface area contributed by atoms with Crippen LogP contribution in [0.1, 0.15) is 5.56 Å². The summed E-state index contributed by atoms with van der Waals surface area (Å²) in [7, 11) is 1.69. The summed E-state index contributed by atoms with van der Waals surface area (Å²) in [6.07, 6.45) is 0. The number of nitrogens with two attached hydrogens (primary N) is 1.